The van der Waals surface area contributed by atoms with E-state index in [0.717, 1.165) is 34.6 Å². The Morgan fingerprint density at radius 3 is 1.80 bits per heavy atom. The van der Waals surface area contributed by atoms with Gasteiger partial charge in [0.1, 0.15) is 11.6 Å². The van der Waals surface area contributed by atoms with E-state index in [1.165, 1.54) is 7.11 Å². The first-order valence-corrected chi connectivity index (χ1v) is 25.0. The number of aromatic nitrogens is 2. The zero-order valence-corrected chi connectivity index (χ0v) is 40.6. The van der Waals surface area contributed by atoms with Gasteiger partial charge in [-0.2, -0.15) is 0 Å². The summed E-state index contributed by atoms with van der Waals surface area (Å²) in [6.45, 7) is 0.777. The molecule has 5 aliphatic rings. The Kier molecular flexibility index (Phi) is 19.1. The highest BCUT2D eigenvalue weighted by molar-refractivity contribution is 6.37. The minimum Gasteiger partial charge on any atom is -0.469 e. The Bertz CT molecular complexity index is 2450. The zero-order valence-electron chi connectivity index (χ0n) is 39.1. The Hall–Kier alpha value is -4.60. The second kappa shape index (κ2) is 24.5. The fourth-order valence-corrected chi connectivity index (χ4v) is 10.6. The van der Waals surface area contributed by atoms with E-state index in [-0.39, 0.29) is 91.2 Å². The number of Topliss-reactive ketones (excluding diaryl/α,β-unsaturated/α-hetero) is 4. The molecule has 0 unspecified atom stereocenters. The number of benzene rings is 2. The summed E-state index contributed by atoms with van der Waals surface area (Å²) in [6, 6.07) is 11.1. The number of aliphatic hydroxyl groups is 1. The number of amides is 1. The number of esters is 1. The number of methoxy groups -OCH3 is 1. The first-order valence-electron chi connectivity index (χ1n) is 24.2. The van der Waals surface area contributed by atoms with Crippen molar-refractivity contribution in [2.75, 3.05) is 13.7 Å². The van der Waals surface area contributed by atoms with Crippen molar-refractivity contribution in [2.24, 2.45) is 23.7 Å². The molecule has 3 N–H and O–H groups in total. The van der Waals surface area contributed by atoms with Crippen molar-refractivity contribution < 1.29 is 56.2 Å². The van der Waals surface area contributed by atoms with Crippen molar-refractivity contribution in [2.45, 2.75) is 153 Å². The van der Waals surface area contributed by atoms with Crippen LogP contribution in [0.3, 0.4) is 0 Å². The number of carbonyl (C=O) groups is 6. The maximum absolute atomic E-state index is 13.3. The van der Waals surface area contributed by atoms with E-state index >= 15 is 0 Å². The number of ether oxygens (including phenoxy) is 1. The van der Waals surface area contributed by atoms with Crippen molar-refractivity contribution in [3.63, 3.8) is 0 Å². The Labute approximate surface area is 409 Å². The molecule has 4 aliphatic carbocycles. The fourth-order valence-electron chi connectivity index (χ4n) is 10.0. The Balaban J connectivity index is 0.000000170. The van der Waals surface area contributed by atoms with Gasteiger partial charge in [0.15, 0.2) is 11.6 Å². The highest BCUT2D eigenvalue weighted by Gasteiger charge is 2.36. The maximum Gasteiger partial charge on any atom is 0.309 e. The number of halogens is 6. The van der Waals surface area contributed by atoms with Crippen LogP contribution < -0.4 is 5.32 Å². The molecular formula is C52H63Cl2F4N3O8. The summed E-state index contributed by atoms with van der Waals surface area (Å²) < 4.78 is 59.4. The van der Waals surface area contributed by atoms with Crippen LogP contribution in [0, 0.1) is 23.7 Å². The average Bonchev–Trinajstić information content (AvgIpc) is 4.19. The average molecular weight is 1000 g/mol. The standard InChI is InChI=1S/C22H25ClF2N2O2.C17H18ClF2NO.C7H10O3.C6H10O2/c23-17-2-1-3-18-21(17)16(13-27(18)12-15-5-7-20(29)26-15)19(28)6-4-14-8-10-22(24,25)11-9-14;18-13-2-1-3-14-16(13)12(10-21-14)15(22)5-4-11-6-8-17(19,20)9-7-11;1-10-7(9)5-2-3-6(8)4-5;7-4-5-1-2-6(8)3-5/h1-3,13-15H,4-12H2,(H,26,29);1-3,10-11,21H,4-9H2;5H,2-4H2,1H3;5,7H,1-4H2/t15-;;2*5-/m1.00/s1. The Morgan fingerprint density at radius 2 is 1.29 bits per heavy atom. The topological polar surface area (TPSA) is 165 Å². The number of alkyl halides is 4. The van der Waals surface area contributed by atoms with Gasteiger partial charge in [-0.05, 0) is 99.8 Å². The molecule has 376 valence electrons. The SMILES string of the molecule is COC(=O)[C@H]1CCC(=O)C1.O=C(CCC1CCC(F)(F)CC1)c1c[nH]c2cccc(Cl)c12.O=C1CC[C@H](CO)C1.O=C1CC[C@H](Cn2cc(C(=O)CCC3CCC(F)(F)CC3)c3c(Cl)cccc32)N1. The molecular weight excluding hydrogens is 941 g/mol. The molecule has 4 saturated carbocycles. The molecule has 1 aliphatic heterocycles. The first kappa shape index (κ1) is 53.7. The van der Waals surface area contributed by atoms with Gasteiger partial charge in [0, 0.05) is 130 Å². The number of fused-ring (bicyclic) bond motifs is 2. The van der Waals surface area contributed by atoms with Gasteiger partial charge < -0.3 is 24.7 Å². The number of aliphatic hydroxyl groups excluding tert-OH is 1. The number of aromatic amines is 1. The lowest BCUT2D eigenvalue weighted by Gasteiger charge is -2.27. The molecule has 2 aromatic heterocycles. The van der Waals surface area contributed by atoms with Gasteiger partial charge >= 0.3 is 5.97 Å². The van der Waals surface area contributed by atoms with E-state index < -0.39 is 11.8 Å². The van der Waals surface area contributed by atoms with Gasteiger partial charge in [-0.15, -0.1) is 0 Å². The van der Waals surface area contributed by atoms with Crippen LogP contribution in [0.5, 0.6) is 0 Å². The van der Waals surface area contributed by atoms with Gasteiger partial charge in [0.05, 0.1) is 28.6 Å². The summed E-state index contributed by atoms with van der Waals surface area (Å²) in [6.07, 6.45) is 12.3. The van der Waals surface area contributed by atoms with E-state index in [0.29, 0.717) is 123 Å². The number of nitrogens with zero attached hydrogens (tertiary/aromatic N) is 1. The lowest BCUT2D eigenvalue weighted by Crippen LogP contribution is -2.29. The van der Waals surface area contributed by atoms with E-state index in [1.54, 1.807) is 18.3 Å². The molecule has 3 heterocycles. The molecule has 11 nitrogen and oxygen atoms in total. The van der Waals surface area contributed by atoms with Crippen LogP contribution in [-0.4, -0.2) is 81.3 Å². The fraction of sp³-hybridized carbons (Fsp3) is 0.577. The van der Waals surface area contributed by atoms with Crippen molar-refractivity contribution >= 4 is 80.0 Å². The molecule has 17 heteroatoms. The maximum atomic E-state index is 13.3. The monoisotopic (exact) mass is 1000 g/mol. The van der Waals surface area contributed by atoms with Crippen molar-refractivity contribution in [1.82, 2.24) is 14.9 Å². The number of nitrogens with one attached hydrogen (secondary N) is 2. The van der Waals surface area contributed by atoms with Crippen LogP contribution in [0.2, 0.25) is 10.0 Å². The number of carbonyl (C=O) groups excluding carboxylic acids is 6. The summed E-state index contributed by atoms with van der Waals surface area (Å²) in [4.78, 5) is 71.9. The minimum absolute atomic E-state index is 0.00496. The van der Waals surface area contributed by atoms with Gasteiger partial charge in [-0.25, -0.2) is 17.6 Å². The van der Waals surface area contributed by atoms with E-state index in [4.69, 9.17) is 28.3 Å². The van der Waals surface area contributed by atoms with E-state index in [2.05, 4.69) is 15.0 Å². The smallest absolute Gasteiger partial charge is 0.309 e. The van der Waals surface area contributed by atoms with Gasteiger partial charge in [-0.1, -0.05) is 35.3 Å². The van der Waals surface area contributed by atoms with E-state index in [1.807, 2.05) is 35.0 Å². The third-order valence-electron chi connectivity index (χ3n) is 14.2. The first-order chi connectivity index (χ1) is 32.8. The van der Waals surface area contributed by atoms with E-state index in [9.17, 15) is 46.3 Å². The third kappa shape index (κ3) is 15.2. The molecule has 1 amide bonds. The normalized spacial score (nSPS) is 22.3. The highest BCUT2D eigenvalue weighted by atomic mass is 35.5. The van der Waals surface area contributed by atoms with Crippen LogP contribution in [-0.2, 0) is 30.5 Å². The predicted octanol–water partition coefficient (Wildman–Crippen LogP) is 11.8. The molecule has 1 saturated heterocycles. The summed E-state index contributed by atoms with van der Waals surface area (Å²) >= 11 is 12.6. The number of rotatable bonds is 12. The quantitative estimate of drug-likeness (QED) is 0.0717. The minimum atomic E-state index is -2.54. The molecule has 69 heavy (non-hydrogen) atoms. The van der Waals surface area contributed by atoms with Gasteiger partial charge in [0.25, 0.3) is 0 Å². The zero-order chi connectivity index (χ0) is 49.9. The molecule has 5 fully saturated rings. The van der Waals surface area contributed by atoms with Crippen LogP contribution in [0.15, 0.2) is 48.8 Å². The molecule has 3 atom stereocenters. The predicted molar refractivity (Wildman–Crippen MR) is 256 cm³/mol. The lowest BCUT2D eigenvalue weighted by atomic mass is 9.83. The largest absolute Gasteiger partial charge is 0.469 e. The van der Waals surface area contributed by atoms with Gasteiger partial charge in [0.2, 0.25) is 17.8 Å². The van der Waals surface area contributed by atoms with Crippen molar-refractivity contribution in [1.29, 1.82) is 0 Å². The second-order valence-corrected chi connectivity index (χ2v) is 20.2. The third-order valence-corrected chi connectivity index (χ3v) is 14.9. The second-order valence-electron chi connectivity index (χ2n) is 19.4. The summed E-state index contributed by atoms with van der Waals surface area (Å²) in [5, 5.41) is 14.1. The number of H-pyrrole nitrogens is 1. The summed E-state index contributed by atoms with van der Waals surface area (Å²) in [7, 11) is 1.35. The number of hydrogen-bond acceptors (Lipinski definition) is 8. The molecule has 9 rings (SSSR count). The van der Waals surface area contributed by atoms with Crippen LogP contribution in [0.25, 0.3) is 21.8 Å². The summed E-state index contributed by atoms with van der Waals surface area (Å²) in [5.41, 5.74) is 2.89. The molecule has 0 bridgehead atoms. The lowest BCUT2D eigenvalue weighted by molar-refractivity contribution is -0.145. The molecule has 4 aromatic rings. The summed E-state index contributed by atoms with van der Waals surface area (Å²) in [5.74, 6) is -4.21. The highest BCUT2D eigenvalue weighted by Crippen LogP contribution is 2.40. The van der Waals surface area contributed by atoms with Crippen LogP contribution >= 0.6 is 23.2 Å². The van der Waals surface area contributed by atoms with Crippen LogP contribution in [0.1, 0.15) is 149 Å². The van der Waals surface area contributed by atoms with Gasteiger partial charge in [-0.3, -0.25) is 28.8 Å². The number of ketones is 4. The molecule has 0 radical (unpaired) electrons. The number of hydrogen-bond donors (Lipinski definition) is 3. The van der Waals surface area contributed by atoms with Crippen molar-refractivity contribution in [3.8, 4) is 0 Å². The van der Waals surface area contributed by atoms with Crippen LogP contribution in [0.4, 0.5) is 17.6 Å². The molecule has 0 spiro atoms. The Morgan fingerprint density at radius 1 is 0.725 bits per heavy atom. The molecule has 2 aromatic carbocycles. The van der Waals surface area contributed by atoms with Crippen molar-refractivity contribution in [3.05, 3.63) is 70.0 Å².